The highest BCUT2D eigenvalue weighted by molar-refractivity contribution is 7.99. The number of hydrogen-bond donors (Lipinski definition) is 0. The molecule has 0 heterocycles. The lowest BCUT2D eigenvalue weighted by Crippen LogP contribution is -2.19. The molecule has 35 heavy (non-hydrogen) atoms. The van der Waals surface area contributed by atoms with Gasteiger partial charge in [0.25, 0.3) is 0 Å². The van der Waals surface area contributed by atoms with E-state index in [-0.39, 0.29) is 21.7 Å². The molecule has 196 valence electrons. The first kappa shape index (κ1) is 29.6. The maximum absolute atomic E-state index is 6.37. The number of ether oxygens (including phenoxy) is 2. The zero-order chi connectivity index (χ0) is 27.0. The van der Waals surface area contributed by atoms with E-state index in [2.05, 4.69) is 121 Å². The third kappa shape index (κ3) is 7.21. The molecule has 0 saturated heterocycles. The van der Waals surface area contributed by atoms with Crippen molar-refractivity contribution < 1.29 is 9.47 Å². The van der Waals surface area contributed by atoms with Gasteiger partial charge in [-0.3, -0.25) is 0 Å². The van der Waals surface area contributed by atoms with Crippen LogP contribution >= 0.6 is 11.8 Å². The standard InChI is InChI=1S/C32H50O2S/c1-15-33-27-23(31(9,10)11)17-21(29(3,4)5)19-25(27)35-26-20-22(30(6,7)8)18-24(32(12,13)14)28(26)34-16-2/h17-20H,15-16H2,1-14H3. The molecule has 0 saturated carbocycles. The third-order valence-corrected chi connectivity index (χ3v) is 7.30. The van der Waals surface area contributed by atoms with Gasteiger partial charge in [-0.2, -0.15) is 0 Å². The smallest absolute Gasteiger partial charge is 0.136 e. The van der Waals surface area contributed by atoms with Crippen molar-refractivity contribution in [3.63, 3.8) is 0 Å². The first-order chi connectivity index (χ1) is 15.8. The lowest BCUT2D eigenvalue weighted by molar-refractivity contribution is 0.319. The van der Waals surface area contributed by atoms with Gasteiger partial charge in [-0.25, -0.2) is 0 Å². The van der Waals surface area contributed by atoms with Crippen LogP contribution < -0.4 is 9.47 Å². The number of hydrogen-bond acceptors (Lipinski definition) is 3. The van der Waals surface area contributed by atoms with E-state index in [0.717, 1.165) is 21.3 Å². The van der Waals surface area contributed by atoms with Crippen LogP contribution in [0.3, 0.4) is 0 Å². The van der Waals surface area contributed by atoms with Crippen molar-refractivity contribution >= 4 is 11.8 Å². The minimum absolute atomic E-state index is 0.0341. The highest BCUT2D eigenvalue weighted by Gasteiger charge is 2.30. The summed E-state index contributed by atoms with van der Waals surface area (Å²) in [6, 6.07) is 9.37. The lowest BCUT2D eigenvalue weighted by atomic mass is 9.80. The molecular weight excluding hydrogens is 448 g/mol. The summed E-state index contributed by atoms with van der Waals surface area (Å²) in [4.78, 5) is 2.33. The molecule has 0 fully saturated rings. The summed E-state index contributed by atoms with van der Waals surface area (Å²) in [7, 11) is 0. The first-order valence-electron chi connectivity index (χ1n) is 13.1. The Hall–Kier alpha value is -1.61. The number of rotatable bonds is 6. The quantitative estimate of drug-likeness (QED) is 0.395. The maximum atomic E-state index is 6.37. The Bertz CT molecular complexity index is 938. The topological polar surface area (TPSA) is 18.5 Å². The predicted molar refractivity (Wildman–Crippen MR) is 154 cm³/mol. The highest BCUT2D eigenvalue weighted by Crippen LogP contribution is 2.49. The molecule has 2 nitrogen and oxygen atoms in total. The van der Waals surface area contributed by atoms with Gasteiger partial charge >= 0.3 is 0 Å². The minimum atomic E-state index is -0.0341. The van der Waals surface area contributed by atoms with E-state index in [1.165, 1.54) is 22.3 Å². The summed E-state index contributed by atoms with van der Waals surface area (Å²) in [5.41, 5.74) is 5.18. The molecule has 0 aliphatic carbocycles. The minimum Gasteiger partial charge on any atom is -0.492 e. The van der Waals surface area contributed by atoms with Crippen LogP contribution in [0, 0.1) is 0 Å². The van der Waals surface area contributed by atoms with Gasteiger partial charge in [0, 0.05) is 11.1 Å². The Labute approximate surface area is 220 Å². The van der Waals surface area contributed by atoms with E-state index in [4.69, 9.17) is 9.47 Å². The van der Waals surface area contributed by atoms with Gasteiger partial charge in [-0.05, 0) is 58.8 Å². The predicted octanol–water partition coefficient (Wildman–Crippen LogP) is 9.83. The molecule has 0 amide bonds. The van der Waals surface area contributed by atoms with Gasteiger partial charge in [0.2, 0.25) is 0 Å². The summed E-state index contributed by atoms with van der Waals surface area (Å²) < 4.78 is 12.7. The summed E-state index contributed by atoms with van der Waals surface area (Å²) in [5.74, 6) is 2.00. The Balaban J connectivity index is 2.93. The molecule has 0 aromatic heterocycles. The summed E-state index contributed by atoms with van der Waals surface area (Å²) in [6.45, 7) is 32.8. The van der Waals surface area contributed by atoms with Crippen molar-refractivity contribution in [3.8, 4) is 11.5 Å². The fourth-order valence-electron chi connectivity index (χ4n) is 4.04. The normalized spacial score (nSPS) is 13.2. The van der Waals surface area contributed by atoms with Crippen molar-refractivity contribution in [2.24, 2.45) is 0 Å². The van der Waals surface area contributed by atoms with Crippen LogP contribution in [0.1, 0.15) is 119 Å². The van der Waals surface area contributed by atoms with Crippen molar-refractivity contribution in [1.82, 2.24) is 0 Å². The van der Waals surface area contributed by atoms with Crippen LogP contribution in [-0.2, 0) is 21.7 Å². The Morgan fingerprint density at radius 2 is 0.829 bits per heavy atom. The summed E-state index contributed by atoms with van der Waals surface area (Å²) in [6.07, 6.45) is 0. The Morgan fingerprint density at radius 1 is 0.514 bits per heavy atom. The Morgan fingerprint density at radius 3 is 1.06 bits per heavy atom. The fraction of sp³-hybridized carbons (Fsp3) is 0.625. The molecular formula is C32H50O2S. The second-order valence-electron chi connectivity index (χ2n) is 13.7. The van der Waals surface area contributed by atoms with Crippen LogP contribution in [0.15, 0.2) is 34.1 Å². The molecule has 0 aliphatic heterocycles. The van der Waals surface area contributed by atoms with E-state index in [1.807, 2.05) is 0 Å². The van der Waals surface area contributed by atoms with E-state index in [9.17, 15) is 0 Å². The van der Waals surface area contributed by atoms with Gasteiger partial charge in [-0.1, -0.05) is 107 Å². The molecule has 0 atom stereocenters. The summed E-state index contributed by atoms with van der Waals surface area (Å²) >= 11 is 1.79. The first-order valence-corrected chi connectivity index (χ1v) is 13.9. The largest absolute Gasteiger partial charge is 0.492 e. The molecule has 2 rings (SSSR count). The van der Waals surface area contributed by atoms with Gasteiger partial charge in [0.05, 0.1) is 23.0 Å². The number of benzene rings is 2. The molecule has 0 unspecified atom stereocenters. The highest BCUT2D eigenvalue weighted by atomic mass is 32.2. The van der Waals surface area contributed by atoms with Crippen molar-refractivity contribution in [3.05, 3.63) is 46.5 Å². The fourth-order valence-corrected chi connectivity index (χ4v) is 5.17. The molecule has 0 spiro atoms. The van der Waals surface area contributed by atoms with Gasteiger partial charge in [0.15, 0.2) is 0 Å². The molecule has 0 bridgehead atoms. The second-order valence-corrected chi connectivity index (χ2v) is 14.8. The van der Waals surface area contributed by atoms with Gasteiger partial charge < -0.3 is 9.47 Å². The summed E-state index contributed by atoms with van der Waals surface area (Å²) in [5, 5.41) is 0. The average molecular weight is 499 g/mol. The SMILES string of the molecule is CCOc1c(Sc2cc(C(C)(C)C)cc(C(C)(C)C)c2OCC)cc(C(C)(C)C)cc1C(C)(C)C. The molecule has 0 N–H and O–H groups in total. The van der Waals surface area contributed by atoms with Crippen LogP contribution in [0.4, 0.5) is 0 Å². The van der Waals surface area contributed by atoms with E-state index < -0.39 is 0 Å². The van der Waals surface area contributed by atoms with Gasteiger partial charge in [-0.15, -0.1) is 0 Å². The molecule has 3 heteroatoms. The zero-order valence-electron chi connectivity index (χ0n) is 24.9. The van der Waals surface area contributed by atoms with Crippen molar-refractivity contribution in [1.29, 1.82) is 0 Å². The van der Waals surface area contributed by atoms with Crippen LogP contribution in [-0.4, -0.2) is 13.2 Å². The van der Waals surface area contributed by atoms with E-state index >= 15 is 0 Å². The van der Waals surface area contributed by atoms with E-state index in [0.29, 0.717) is 13.2 Å². The molecule has 2 aromatic carbocycles. The van der Waals surface area contributed by atoms with Crippen LogP contribution in [0.5, 0.6) is 11.5 Å². The zero-order valence-corrected chi connectivity index (χ0v) is 25.8. The molecule has 0 radical (unpaired) electrons. The Kier molecular flexibility index (Phi) is 8.80. The van der Waals surface area contributed by atoms with Crippen LogP contribution in [0.2, 0.25) is 0 Å². The molecule has 0 aliphatic rings. The second kappa shape index (κ2) is 10.4. The lowest BCUT2D eigenvalue weighted by Gasteiger charge is -2.31. The monoisotopic (exact) mass is 498 g/mol. The van der Waals surface area contributed by atoms with E-state index in [1.54, 1.807) is 11.8 Å². The van der Waals surface area contributed by atoms with Crippen molar-refractivity contribution in [2.45, 2.75) is 128 Å². The maximum Gasteiger partial charge on any atom is 0.136 e. The van der Waals surface area contributed by atoms with Crippen molar-refractivity contribution in [2.75, 3.05) is 13.2 Å². The molecule has 2 aromatic rings. The average Bonchev–Trinajstić information content (AvgIpc) is 2.67. The van der Waals surface area contributed by atoms with Gasteiger partial charge in [0.1, 0.15) is 11.5 Å². The third-order valence-electron chi connectivity index (χ3n) is 6.26. The van der Waals surface area contributed by atoms with Crippen LogP contribution in [0.25, 0.3) is 0 Å².